The molecule has 0 aliphatic heterocycles. The number of hydrogen-bond donors (Lipinski definition) is 1. The first-order chi connectivity index (χ1) is 13.5. The summed E-state index contributed by atoms with van der Waals surface area (Å²) in [7, 11) is 1.73. The highest BCUT2D eigenvalue weighted by molar-refractivity contribution is 5.86. The highest BCUT2D eigenvalue weighted by atomic mass is 16.5. The molecular weight excluding hydrogens is 352 g/mol. The monoisotopic (exact) mass is 376 g/mol. The minimum atomic E-state index is -0.672. The number of alkyl carbamates (subject to hydrolysis) is 1. The van der Waals surface area contributed by atoms with E-state index in [-0.39, 0.29) is 12.5 Å². The van der Waals surface area contributed by atoms with E-state index in [0.717, 1.165) is 21.9 Å². The van der Waals surface area contributed by atoms with Gasteiger partial charge in [-0.05, 0) is 34.9 Å². The third-order valence-corrected chi connectivity index (χ3v) is 4.53. The molecule has 5 heteroatoms. The number of fused-ring (bicyclic) bond motifs is 1. The first-order valence-electron chi connectivity index (χ1n) is 9.23. The van der Waals surface area contributed by atoms with Crippen molar-refractivity contribution in [2.45, 2.75) is 26.1 Å². The van der Waals surface area contributed by atoms with Gasteiger partial charge in [-0.1, -0.05) is 66.7 Å². The van der Waals surface area contributed by atoms with Gasteiger partial charge < -0.3 is 15.0 Å². The molecule has 3 aromatic carbocycles. The number of likely N-dealkylation sites (N-methyl/N-ethyl adjacent to an activating group) is 1. The van der Waals surface area contributed by atoms with Crippen molar-refractivity contribution in [3.8, 4) is 0 Å². The van der Waals surface area contributed by atoms with E-state index in [9.17, 15) is 9.59 Å². The Kier molecular flexibility index (Phi) is 6.27. The van der Waals surface area contributed by atoms with Crippen LogP contribution in [0, 0.1) is 0 Å². The van der Waals surface area contributed by atoms with Crippen molar-refractivity contribution >= 4 is 22.8 Å². The molecule has 144 valence electrons. The summed E-state index contributed by atoms with van der Waals surface area (Å²) >= 11 is 0. The summed E-state index contributed by atoms with van der Waals surface area (Å²) in [6.45, 7) is 2.29. The average Bonchev–Trinajstić information content (AvgIpc) is 2.72. The van der Waals surface area contributed by atoms with Crippen molar-refractivity contribution in [2.75, 3.05) is 7.05 Å². The van der Waals surface area contributed by atoms with Crippen LogP contribution in [0.1, 0.15) is 18.1 Å². The second-order valence-corrected chi connectivity index (χ2v) is 6.80. The van der Waals surface area contributed by atoms with E-state index in [1.807, 2.05) is 60.7 Å². The van der Waals surface area contributed by atoms with E-state index in [2.05, 4.69) is 17.4 Å². The highest BCUT2D eigenvalue weighted by Gasteiger charge is 2.20. The lowest BCUT2D eigenvalue weighted by Gasteiger charge is -2.22. The molecule has 3 aromatic rings. The summed E-state index contributed by atoms with van der Waals surface area (Å²) in [6, 6.07) is 23.0. The van der Waals surface area contributed by atoms with Crippen LogP contribution in [0.2, 0.25) is 0 Å². The van der Waals surface area contributed by atoms with Gasteiger partial charge in [-0.3, -0.25) is 4.79 Å². The summed E-state index contributed by atoms with van der Waals surface area (Å²) in [5.74, 6) is -0.176. The SMILES string of the molecule is C[C@H](NC(=O)OCc1ccccc1)C(=O)N(C)Cc1ccc2ccccc2c1. The topological polar surface area (TPSA) is 58.6 Å². The van der Waals surface area contributed by atoms with Gasteiger partial charge in [-0.25, -0.2) is 4.79 Å². The second-order valence-electron chi connectivity index (χ2n) is 6.80. The Balaban J connectivity index is 1.52. The fraction of sp³-hybridized carbons (Fsp3) is 0.217. The van der Waals surface area contributed by atoms with Crippen LogP contribution in [0.3, 0.4) is 0 Å². The highest BCUT2D eigenvalue weighted by Crippen LogP contribution is 2.16. The predicted octanol–water partition coefficient (Wildman–Crippen LogP) is 4.11. The molecule has 1 atom stereocenters. The lowest BCUT2D eigenvalue weighted by Crippen LogP contribution is -2.45. The van der Waals surface area contributed by atoms with Crippen LogP contribution in [-0.4, -0.2) is 30.0 Å². The maximum absolute atomic E-state index is 12.6. The van der Waals surface area contributed by atoms with E-state index in [4.69, 9.17) is 4.74 Å². The molecular formula is C23H24N2O3. The number of carbonyl (C=O) groups excluding carboxylic acids is 2. The molecule has 0 saturated heterocycles. The van der Waals surface area contributed by atoms with Crippen LogP contribution in [0.25, 0.3) is 10.8 Å². The van der Waals surface area contributed by atoms with Crippen molar-refractivity contribution in [1.82, 2.24) is 10.2 Å². The molecule has 0 aromatic heterocycles. The van der Waals surface area contributed by atoms with Crippen LogP contribution in [0.15, 0.2) is 72.8 Å². The van der Waals surface area contributed by atoms with Gasteiger partial charge >= 0.3 is 6.09 Å². The number of nitrogens with zero attached hydrogens (tertiary/aromatic N) is 1. The van der Waals surface area contributed by atoms with Gasteiger partial charge in [0.15, 0.2) is 0 Å². The van der Waals surface area contributed by atoms with Crippen LogP contribution >= 0.6 is 0 Å². The van der Waals surface area contributed by atoms with Gasteiger partial charge in [0.25, 0.3) is 0 Å². The van der Waals surface area contributed by atoms with E-state index in [0.29, 0.717) is 6.54 Å². The molecule has 0 radical (unpaired) electrons. The third-order valence-electron chi connectivity index (χ3n) is 4.53. The Morgan fingerprint density at radius 3 is 2.36 bits per heavy atom. The van der Waals surface area contributed by atoms with Crippen LogP contribution in [0.5, 0.6) is 0 Å². The lowest BCUT2D eigenvalue weighted by atomic mass is 10.1. The molecule has 5 nitrogen and oxygen atoms in total. The Hall–Kier alpha value is -3.34. The molecule has 0 aliphatic carbocycles. The van der Waals surface area contributed by atoms with Crippen molar-refractivity contribution < 1.29 is 14.3 Å². The fourth-order valence-electron chi connectivity index (χ4n) is 3.02. The third kappa shape index (κ3) is 5.10. The van der Waals surface area contributed by atoms with E-state index in [1.54, 1.807) is 18.9 Å². The maximum Gasteiger partial charge on any atom is 0.408 e. The predicted molar refractivity (Wildman–Crippen MR) is 110 cm³/mol. The minimum Gasteiger partial charge on any atom is -0.445 e. The number of benzene rings is 3. The van der Waals surface area contributed by atoms with Gasteiger partial charge in [0, 0.05) is 13.6 Å². The molecule has 3 rings (SSSR count). The molecule has 0 bridgehead atoms. The number of nitrogens with one attached hydrogen (secondary N) is 1. The van der Waals surface area contributed by atoms with Gasteiger partial charge in [0.1, 0.15) is 12.6 Å². The largest absolute Gasteiger partial charge is 0.445 e. The molecule has 0 unspecified atom stereocenters. The minimum absolute atomic E-state index is 0.167. The fourth-order valence-corrected chi connectivity index (χ4v) is 3.02. The number of ether oxygens (including phenoxy) is 1. The summed E-state index contributed by atoms with van der Waals surface area (Å²) in [6.07, 6.45) is -0.608. The molecule has 0 aliphatic rings. The van der Waals surface area contributed by atoms with Crippen LogP contribution < -0.4 is 5.32 Å². The molecule has 0 saturated carbocycles. The van der Waals surface area contributed by atoms with Crippen molar-refractivity contribution in [3.05, 3.63) is 83.9 Å². The Labute approximate surface area is 164 Å². The average molecular weight is 376 g/mol. The first kappa shape index (κ1) is 19.4. The smallest absolute Gasteiger partial charge is 0.408 e. The molecule has 0 spiro atoms. The van der Waals surface area contributed by atoms with Crippen molar-refractivity contribution in [3.63, 3.8) is 0 Å². The van der Waals surface area contributed by atoms with Crippen molar-refractivity contribution in [1.29, 1.82) is 0 Å². The van der Waals surface area contributed by atoms with Crippen LogP contribution in [-0.2, 0) is 22.7 Å². The number of amides is 2. The number of rotatable bonds is 6. The van der Waals surface area contributed by atoms with Gasteiger partial charge in [0.05, 0.1) is 0 Å². The Morgan fingerprint density at radius 1 is 0.929 bits per heavy atom. The van der Waals surface area contributed by atoms with Gasteiger partial charge in [0.2, 0.25) is 5.91 Å². The molecule has 0 fully saturated rings. The molecule has 2 amide bonds. The van der Waals surface area contributed by atoms with Gasteiger partial charge in [-0.15, -0.1) is 0 Å². The number of carbonyl (C=O) groups is 2. The van der Waals surface area contributed by atoms with E-state index >= 15 is 0 Å². The normalized spacial score (nSPS) is 11.6. The summed E-state index contributed by atoms with van der Waals surface area (Å²) in [5.41, 5.74) is 1.93. The number of hydrogen-bond acceptors (Lipinski definition) is 3. The molecule has 28 heavy (non-hydrogen) atoms. The summed E-state index contributed by atoms with van der Waals surface area (Å²) < 4.78 is 5.17. The van der Waals surface area contributed by atoms with E-state index < -0.39 is 12.1 Å². The van der Waals surface area contributed by atoms with Crippen LogP contribution in [0.4, 0.5) is 4.79 Å². The Bertz CT molecular complexity index is 956. The zero-order valence-electron chi connectivity index (χ0n) is 16.1. The second kappa shape index (κ2) is 9.04. The zero-order chi connectivity index (χ0) is 19.9. The Morgan fingerprint density at radius 2 is 1.61 bits per heavy atom. The lowest BCUT2D eigenvalue weighted by molar-refractivity contribution is -0.132. The summed E-state index contributed by atoms with van der Waals surface area (Å²) in [4.78, 5) is 26.1. The van der Waals surface area contributed by atoms with Gasteiger partial charge in [-0.2, -0.15) is 0 Å². The molecule has 1 N–H and O–H groups in total. The quantitative estimate of drug-likeness (QED) is 0.704. The summed E-state index contributed by atoms with van der Waals surface area (Å²) in [5, 5.41) is 4.89. The standard InChI is InChI=1S/C23H24N2O3/c1-17(24-23(27)28-16-18-8-4-3-5-9-18)22(26)25(2)15-19-12-13-20-10-6-7-11-21(20)14-19/h3-14,17H,15-16H2,1-2H3,(H,24,27)/t17-/m0/s1. The first-order valence-corrected chi connectivity index (χ1v) is 9.23. The zero-order valence-corrected chi connectivity index (χ0v) is 16.1. The maximum atomic E-state index is 12.6. The molecule has 0 heterocycles. The van der Waals surface area contributed by atoms with Crippen molar-refractivity contribution in [2.24, 2.45) is 0 Å². The van der Waals surface area contributed by atoms with E-state index in [1.165, 1.54) is 0 Å².